The minimum Gasteiger partial charge on any atom is -0.368 e. The summed E-state index contributed by atoms with van der Waals surface area (Å²) in [4.78, 5) is 17.3. The van der Waals surface area contributed by atoms with Crippen molar-refractivity contribution in [3.8, 4) is 0 Å². The summed E-state index contributed by atoms with van der Waals surface area (Å²) in [5.41, 5.74) is 5.31. The highest BCUT2D eigenvalue weighted by atomic mass is 16.1. The van der Waals surface area contributed by atoms with E-state index in [2.05, 4.69) is 4.98 Å². The zero-order chi connectivity index (χ0) is 11.4. The van der Waals surface area contributed by atoms with Crippen molar-refractivity contribution in [2.75, 3.05) is 7.05 Å². The van der Waals surface area contributed by atoms with Crippen LogP contribution in [0.5, 0.6) is 0 Å². The molecule has 0 spiro atoms. The van der Waals surface area contributed by atoms with Crippen molar-refractivity contribution in [2.45, 2.75) is 25.9 Å². The van der Waals surface area contributed by atoms with Crippen LogP contribution in [-0.2, 0) is 18.4 Å². The van der Waals surface area contributed by atoms with Crippen molar-refractivity contribution in [3.05, 3.63) is 18.2 Å². The van der Waals surface area contributed by atoms with Crippen LogP contribution >= 0.6 is 0 Å². The molecule has 1 amide bonds. The van der Waals surface area contributed by atoms with Gasteiger partial charge in [0.25, 0.3) is 0 Å². The molecule has 0 aliphatic rings. The van der Waals surface area contributed by atoms with E-state index in [1.165, 1.54) is 0 Å². The quantitative estimate of drug-likeness (QED) is 0.750. The average molecular weight is 210 g/mol. The molecule has 0 aromatic carbocycles. The van der Waals surface area contributed by atoms with Gasteiger partial charge in [0, 0.05) is 19.4 Å². The minimum atomic E-state index is -0.283. The largest absolute Gasteiger partial charge is 0.368 e. The lowest BCUT2D eigenvalue weighted by Gasteiger charge is -2.23. The molecule has 1 heterocycles. The molecule has 0 radical (unpaired) electrons. The van der Waals surface area contributed by atoms with Crippen molar-refractivity contribution in [3.63, 3.8) is 0 Å². The number of likely N-dealkylation sites (N-methyl/N-ethyl adjacent to an activating group) is 1. The Hall–Kier alpha value is -1.36. The van der Waals surface area contributed by atoms with Gasteiger partial charge in [-0.15, -0.1) is 0 Å². The molecule has 0 saturated carbocycles. The van der Waals surface area contributed by atoms with E-state index in [-0.39, 0.29) is 11.9 Å². The molecule has 0 aliphatic heterocycles. The Labute approximate surface area is 89.9 Å². The van der Waals surface area contributed by atoms with Gasteiger partial charge in [-0.25, -0.2) is 4.98 Å². The van der Waals surface area contributed by atoms with E-state index in [4.69, 9.17) is 5.73 Å². The number of primary amides is 1. The van der Waals surface area contributed by atoms with Crippen LogP contribution in [0.1, 0.15) is 19.2 Å². The molecule has 0 saturated heterocycles. The Morgan fingerprint density at radius 3 is 2.80 bits per heavy atom. The molecular formula is C10H18N4O. The highest BCUT2D eigenvalue weighted by molar-refractivity contribution is 5.79. The molecule has 1 rings (SSSR count). The second-order valence-electron chi connectivity index (χ2n) is 3.70. The van der Waals surface area contributed by atoms with Crippen molar-refractivity contribution in [1.82, 2.24) is 14.5 Å². The fraction of sp³-hybridized carbons (Fsp3) is 0.600. The average Bonchev–Trinajstić information content (AvgIpc) is 2.52. The van der Waals surface area contributed by atoms with Crippen LogP contribution in [0.3, 0.4) is 0 Å². The number of nitrogens with zero attached hydrogens (tertiary/aromatic N) is 3. The van der Waals surface area contributed by atoms with Gasteiger partial charge >= 0.3 is 0 Å². The fourth-order valence-corrected chi connectivity index (χ4v) is 1.61. The molecule has 0 fully saturated rings. The number of aromatic nitrogens is 2. The SMILES string of the molecule is CCC(C(N)=O)N(C)Cc1nccn1C. The number of imidazole rings is 1. The molecule has 1 aromatic heterocycles. The topological polar surface area (TPSA) is 64.2 Å². The molecule has 0 bridgehead atoms. The monoisotopic (exact) mass is 210 g/mol. The van der Waals surface area contributed by atoms with Gasteiger partial charge in [0.1, 0.15) is 5.82 Å². The van der Waals surface area contributed by atoms with E-state index < -0.39 is 0 Å². The summed E-state index contributed by atoms with van der Waals surface area (Å²) in [6.07, 6.45) is 4.35. The molecular weight excluding hydrogens is 192 g/mol. The van der Waals surface area contributed by atoms with E-state index in [1.54, 1.807) is 6.20 Å². The number of nitrogens with two attached hydrogens (primary N) is 1. The lowest BCUT2D eigenvalue weighted by Crippen LogP contribution is -2.42. The highest BCUT2D eigenvalue weighted by Gasteiger charge is 2.19. The van der Waals surface area contributed by atoms with Gasteiger partial charge in [-0.2, -0.15) is 0 Å². The standard InChI is InChI=1S/C10H18N4O/c1-4-8(10(11)15)14(3)7-9-12-5-6-13(9)2/h5-6,8H,4,7H2,1-3H3,(H2,11,15). The fourth-order valence-electron chi connectivity index (χ4n) is 1.61. The zero-order valence-electron chi connectivity index (χ0n) is 9.47. The van der Waals surface area contributed by atoms with Crippen LogP contribution in [0, 0.1) is 0 Å². The Balaban J connectivity index is 2.66. The molecule has 2 N–H and O–H groups in total. The third-order valence-electron chi connectivity index (χ3n) is 2.56. The van der Waals surface area contributed by atoms with Gasteiger partial charge < -0.3 is 10.3 Å². The predicted octanol–water partition coefficient (Wildman–Crippen LogP) is 0.116. The lowest BCUT2D eigenvalue weighted by molar-refractivity contribution is -0.123. The summed E-state index contributed by atoms with van der Waals surface area (Å²) in [6, 6.07) is -0.221. The molecule has 0 aliphatic carbocycles. The first kappa shape index (κ1) is 11.7. The van der Waals surface area contributed by atoms with E-state index >= 15 is 0 Å². The van der Waals surface area contributed by atoms with Gasteiger partial charge in [-0.1, -0.05) is 6.92 Å². The first-order valence-corrected chi connectivity index (χ1v) is 5.02. The number of rotatable bonds is 5. The first-order valence-electron chi connectivity index (χ1n) is 5.02. The third-order valence-corrected chi connectivity index (χ3v) is 2.56. The molecule has 84 valence electrons. The molecule has 1 unspecified atom stereocenters. The number of carbonyl (C=O) groups excluding carboxylic acids is 1. The van der Waals surface area contributed by atoms with Crippen molar-refractivity contribution in [1.29, 1.82) is 0 Å². The van der Waals surface area contributed by atoms with Crippen LogP contribution in [0.2, 0.25) is 0 Å². The second kappa shape index (κ2) is 4.93. The van der Waals surface area contributed by atoms with Gasteiger partial charge in [-0.3, -0.25) is 9.69 Å². The van der Waals surface area contributed by atoms with E-state index in [1.807, 2.05) is 36.7 Å². The molecule has 5 heteroatoms. The van der Waals surface area contributed by atoms with Crippen molar-refractivity contribution < 1.29 is 4.79 Å². The number of hydrogen-bond acceptors (Lipinski definition) is 3. The molecule has 15 heavy (non-hydrogen) atoms. The maximum Gasteiger partial charge on any atom is 0.234 e. The maximum absolute atomic E-state index is 11.1. The van der Waals surface area contributed by atoms with E-state index in [9.17, 15) is 4.79 Å². The predicted molar refractivity (Wildman–Crippen MR) is 57.9 cm³/mol. The lowest BCUT2D eigenvalue weighted by atomic mass is 10.2. The van der Waals surface area contributed by atoms with Crippen LogP contribution < -0.4 is 5.73 Å². The van der Waals surface area contributed by atoms with E-state index in [0.29, 0.717) is 6.54 Å². The first-order chi connectivity index (χ1) is 7.06. The van der Waals surface area contributed by atoms with Crippen LogP contribution in [0.4, 0.5) is 0 Å². The number of amides is 1. The Kier molecular flexibility index (Phi) is 3.85. The maximum atomic E-state index is 11.1. The third kappa shape index (κ3) is 2.79. The van der Waals surface area contributed by atoms with Crippen LogP contribution in [0.15, 0.2) is 12.4 Å². The number of carbonyl (C=O) groups is 1. The Bertz CT molecular complexity index is 334. The minimum absolute atomic E-state index is 0.221. The molecule has 1 atom stereocenters. The normalized spacial score (nSPS) is 13.1. The van der Waals surface area contributed by atoms with Crippen molar-refractivity contribution >= 4 is 5.91 Å². The zero-order valence-corrected chi connectivity index (χ0v) is 9.47. The van der Waals surface area contributed by atoms with Crippen molar-refractivity contribution in [2.24, 2.45) is 12.8 Å². The Morgan fingerprint density at radius 2 is 2.40 bits per heavy atom. The summed E-state index contributed by atoms with van der Waals surface area (Å²) >= 11 is 0. The summed E-state index contributed by atoms with van der Waals surface area (Å²) in [7, 11) is 3.81. The van der Waals surface area contributed by atoms with E-state index in [0.717, 1.165) is 12.2 Å². The summed E-state index contributed by atoms with van der Waals surface area (Å²) in [5, 5.41) is 0. The number of hydrogen-bond donors (Lipinski definition) is 1. The molecule has 1 aromatic rings. The van der Waals surface area contributed by atoms with Gasteiger partial charge in [-0.05, 0) is 13.5 Å². The summed E-state index contributed by atoms with van der Waals surface area (Å²) in [5.74, 6) is 0.645. The summed E-state index contributed by atoms with van der Waals surface area (Å²) < 4.78 is 1.93. The molecule has 5 nitrogen and oxygen atoms in total. The summed E-state index contributed by atoms with van der Waals surface area (Å²) in [6.45, 7) is 2.58. The number of aryl methyl sites for hydroxylation is 1. The highest BCUT2D eigenvalue weighted by Crippen LogP contribution is 2.06. The Morgan fingerprint density at radius 1 is 1.73 bits per heavy atom. The van der Waals surface area contributed by atoms with Crippen LogP contribution in [-0.4, -0.2) is 33.4 Å². The van der Waals surface area contributed by atoms with Gasteiger partial charge in [0.15, 0.2) is 0 Å². The van der Waals surface area contributed by atoms with Crippen LogP contribution in [0.25, 0.3) is 0 Å². The second-order valence-corrected chi connectivity index (χ2v) is 3.70. The smallest absolute Gasteiger partial charge is 0.234 e. The van der Waals surface area contributed by atoms with Gasteiger partial charge in [0.2, 0.25) is 5.91 Å². The van der Waals surface area contributed by atoms with Gasteiger partial charge in [0.05, 0.1) is 12.6 Å².